The van der Waals surface area contributed by atoms with E-state index in [0.29, 0.717) is 29.4 Å². The van der Waals surface area contributed by atoms with E-state index in [0.717, 1.165) is 12.0 Å². The van der Waals surface area contributed by atoms with Crippen molar-refractivity contribution in [3.8, 4) is 0 Å². The molecule has 4 amide bonds. The number of primary amides is 1. The molecule has 1 saturated carbocycles. The van der Waals surface area contributed by atoms with Gasteiger partial charge in [-0.2, -0.15) is 0 Å². The van der Waals surface area contributed by atoms with Crippen LogP contribution in [0.25, 0.3) is 10.9 Å². The predicted molar refractivity (Wildman–Crippen MR) is 132 cm³/mol. The quantitative estimate of drug-likeness (QED) is 0.403. The maximum atomic E-state index is 14.2. The average molecular weight is 514 g/mol. The van der Waals surface area contributed by atoms with Gasteiger partial charge >= 0.3 is 12.1 Å². The number of halogens is 2. The summed E-state index contributed by atoms with van der Waals surface area (Å²) < 4.78 is 15.4. The summed E-state index contributed by atoms with van der Waals surface area (Å²) in [6, 6.07) is 7.91. The largest absolute Gasteiger partial charge is 0.396 e. The molecule has 2 aromatic carbocycles. The van der Waals surface area contributed by atoms with E-state index in [2.05, 4.69) is 10.6 Å². The van der Waals surface area contributed by atoms with Gasteiger partial charge in [0.1, 0.15) is 11.9 Å². The standard InChI is InChI=1S/C25H25ClFN5O4/c26-17-3-1-2-14(22(17)27)11-29-23(34)21-10-15-9-20(15)32(21)25(36)30-18-12-31(24(28)35)19-5-4-13(6-7-33)8-16(18)19/h1-5,8,12,15,20-21,33H,6-7,9-11H2,(H2,28,35)(H,29,34)(H,30,36)/t15-,20-,21+/m1/s1. The van der Waals surface area contributed by atoms with Gasteiger partial charge in [-0.25, -0.2) is 14.0 Å². The van der Waals surface area contributed by atoms with Crippen LogP contribution in [0.1, 0.15) is 24.0 Å². The van der Waals surface area contributed by atoms with Crippen LogP contribution in [0.4, 0.5) is 19.7 Å². The lowest BCUT2D eigenvalue weighted by Gasteiger charge is -2.27. The first-order chi connectivity index (χ1) is 17.3. The number of anilines is 1. The maximum absolute atomic E-state index is 14.2. The van der Waals surface area contributed by atoms with Crippen LogP contribution in [0.5, 0.6) is 0 Å². The zero-order valence-electron chi connectivity index (χ0n) is 19.2. The Kier molecular flexibility index (Phi) is 6.31. The minimum Gasteiger partial charge on any atom is -0.396 e. The molecular formula is C25H25ClFN5O4. The molecule has 2 fully saturated rings. The van der Waals surface area contributed by atoms with Crippen molar-refractivity contribution in [1.29, 1.82) is 0 Å². The molecule has 188 valence electrons. The van der Waals surface area contributed by atoms with Gasteiger partial charge in [-0.1, -0.05) is 29.8 Å². The molecule has 3 aromatic rings. The van der Waals surface area contributed by atoms with Gasteiger partial charge in [-0.05, 0) is 48.9 Å². The number of aromatic nitrogens is 1. The molecule has 9 nitrogen and oxygen atoms in total. The lowest BCUT2D eigenvalue weighted by molar-refractivity contribution is -0.125. The van der Waals surface area contributed by atoms with E-state index in [-0.39, 0.29) is 41.6 Å². The fraction of sp³-hybridized carbons (Fsp3) is 0.320. The Hall–Kier alpha value is -3.63. The van der Waals surface area contributed by atoms with Crippen LogP contribution in [0.15, 0.2) is 42.6 Å². The Balaban J connectivity index is 1.35. The van der Waals surface area contributed by atoms with Crippen molar-refractivity contribution in [1.82, 2.24) is 14.8 Å². The first-order valence-electron chi connectivity index (χ1n) is 11.6. The molecule has 2 heterocycles. The second-order valence-electron chi connectivity index (χ2n) is 9.16. The summed E-state index contributed by atoms with van der Waals surface area (Å²) in [6.07, 6.45) is 3.19. The lowest BCUT2D eigenvalue weighted by Crippen LogP contribution is -2.49. The number of amides is 4. The van der Waals surface area contributed by atoms with E-state index in [9.17, 15) is 23.9 Å². The number of carbonyl (C=O) groups excluding carboxylic acids is 3. The molecule has 5 N–H and O–H groups in total. The van der Waals surface area contributed by atoms with Crippen LogP contribution in [-0.4, -0.2) is 51.2 Å². The van der Waals surface area contributed by atoms with Crippen LogP contribution in [0, 0.1) is 11.7 Å². The monoisotopic (exact) mass is 513 g/mol. The highest BCUT2D eigenvalue weighted by Gasteiger charge is 2.56. The van der Waals surface area contributed by atoms with Gasteiger partial charge in [0.15, 0.2) is 0 Å². The van der Waals surface area contributed by atoms with Gasteiger partial charge in [-0.15, -0.1) is 0 Å². The Morgan fingerprint density at radius 2 is 2.00 bits per heavy atom. The van der Waals surface area contributed by atoms with Crippen LogP contribution in [-0.2, 0) is 17.8 Å². The average Bonchev–Trinajstić information content (AvgIpc) is 3.36. The molecule has 1 aromatic heterocycles. The normalized spacial score (nSPS) is 20.3. The summed E-state index contributed by atoms with van der Waals surface area (Å²) >= 11 is 5.82. The maximum Gasteiger partial charge on any atom is 0.323 e. The van der Waals surface area contributed by atoms with Crippen molar-refractivity contribution in [2.75, 3.05) is 11.9 Å². The van der Waals surface area contributed by atoms with Gasteiger partial charge in [0.05, 0.1) is 16.2 Å². The van der Waals surface area contributed by atoms with Crippen molar-refractivity contribution in [2.24, 2.45) is 11.7 Å². The lowest BCUT2D eigenvalue weighted by atomic mass is 10.1. The molecular weight excluding hydrogens is 489 g/mol. The predicted octanol–water partition coefficient (Wildman–Crippen LogP) is 3.21. The zero-order chi connectivity index (χ0) is 25.6. The number of carbonyl (C=O) groups is 3. The first kappa shape index (κ1) is 24.1. The van der Waals surface area contributed by atoms with E-state index in [4.69, 9.17) is 17.3 Å². The minimum absolute atomic E-state index is 0.0258. The number of hydrogen-bond acceptors (Lipinski definition) is 4. The highest BCUT2D eigenvalue weighted by Crippen LogP contribution is 2.48. The van der Waals surface area contributed by atoms with Gasteiger partial charge in [0.2, 0.25) is 5.91 Å². The first-order valence-corrected chi connectivity index (χ1v) is 12.0. The van der Waals surface area contributed by atoms with E-state index >= 15 is 0 Å². The number of hydrogen-bond donors (Lipinski definition) is 4. The smallest absolute Gasteiger partial charge is 0.323 e. The van der Waals surface area contributed by atoms with Crippen molar-refractivity contribution in [2.45, 2.75) is 37.9 Å². The van der Waals surface area contributed by atoms with Crippen molar-refractivity contribution < 1.29 is 23.9 Å². The van der Waals surface area contributed by atoms with E-state index in [1.165, 1.54) is 27.8 Å². The molecule has 5 rings (SSSR count). The number of piperidine rings is 1. The van der Waals surface area contributed by atoms with Gasteiger partial charge in [-0.3, -0.25) is 9.36 Å². The molecule has 3 atom stereocenters. The third kappa shape index (κ3) is 4.38. The SMILES string of the molecule is NC(=O)n1cc(NC(=O)N2[C@@H]3C[C@@H]3C[C@H]2C(=O)NCc2cccc(Cl)c2F)c2cc(CCO)ccc21. The Labute approximate surface area is 211 Å². The number of benzene rings is 2. The minimum atomic E-state index is -0.704. The fourth-order valence-electron chi connectivity index (χ4n) is 4.99. The van der Waals surface area contributed by atoms with E-state index in [1.807, 2.05) is 0 Å². The molecule has 0 unspecified atom stereocenters. The van der Waals surface area contributed by atoms with Crippen molar-refractivity contribution in [3.05, 3.63) is 64.6 Å². The summed E-state index contributed by atoms with van der Waals surface area (Å²) in [5, 5.41) is 15.4. The number of aliphatic hydroxyl groups excluding tert-OH is 1. The van der Waals surface area contributed by atoms with Gasteiger partial charge in [0.25, 0.3) is 0 Å². The Morgan fingerprint density at radius 3 is 2.75 bits per heavy atom. The second kappa shape index (κ2) is 9.44. The summed E-state index contributed by atoms with van der Waals surface area (Å²) in [5.74, 6) is -0.728. The van der Waals surface area contributed by atoms with Crippen LogP contribution in [0.2, 0.25) is 5.02 Å². The molecule has 36 heavy (non-hydrogen) atoms. The number of likely N-dealkylation sites (tertiary alicyclic amines) is 1. The molecule has 0 bridgehead atoms. The van der Waals surface area contributed by atoms with Crippen molar-refractivity contribution >= 4 is 46.2 Å². The molecule has 11 heteroatoms. The molecule has 1 aliphatic heterocycles. The van der Waals surface area contributed by atoms with Gasteiger partial charge < -0.3 is 26.4 Å². The third-order valence-corrected chi connectivity index (χ3v) is 7.17. The molecule has 2 aliphatic rings. The number of nitrogens with zero attached hydrogens (tertiary/aromatic N) is 2. The number of nitrogens with two attached hydrogens (primary N) is 1. The van der Waals surface area contributed by atoms with Crippen LogP contribution >= 0.6 is 11.6 Å². The number of urea groups is 1. The van der Waals surface area contributed by atoms with Gasteiger partial charge in [0, 0.05) is 36.3 Å². The molecule has 0 spiro atoms. The summed E-state index contributed by atoms with van der Waals surface area (Å²) in [6.45, 7) is -0.0945. The van der Waals surface area contributed by atoms with Crippen LogP contribution < -0.4 is 16.4 Å². The summed E-state index contributed by atoms with van der Waals surface area (Å²) in [5.41, 5.74) is 7.48. The topological polar surface area (TPSA) is 130 Å². The molecule has 1 saturated heterocycles. The zero-order valence-corrected chi connectivity index (χ0v) is 20.0. The summed E-state index contributed by atoms with van der Waals surface area (Å²) in [4.78, 5) is 39.8. The van der Waals surface area contributed by atoms with Crippen LogP contribution in [0.3, 0.4) is 0 Å². The van der Waals surface area contributed by atoms with Crippen molar-refractivity contribution in [3.63, 3.8) is 0 Å². The third-order valence-electron chi connectivity index (χ3n) is 6.87. The number of fused-ring (bicyclic) bond motifs is 2. The fourth-order valence-corrected chi connectivity index (χ4v) is 5.19. The summed E-state index contributed by atoms with van der Waals surface area (Å²) in [7, 11) is 0. The Bertz CT molecular complexity index is 1380. The molecule has 1 aliphatic carbocycles. The van der Waals surface area contributed by atoms with E-state index in [1.54, 1.807) is 24.3 Å². The Morgan fingerprint density at radius 1 is 1.19 bits per heavy atom. The number of rotatable bonds is 6. The number of nitrogens with one attached hydrogen (secondary N) is 2. The highest BCUT2D eigenvalue weighted by molar-refractivity contribution is 6.30. The van der Waals surface area contributed by atoms with E-state index < -0.39 is 23.9 Å². The molecule has 0 radical (unpaired) electrons. The number of aliphatic hydroxyl groups is 1. The highest BCUT2D eigenvalue weighted by atomic mass is 35.5. The second-order valence-corrected chi connectivity index (χ2v) is 9.57.